The molecule has 3 rings (SSSR count). The van der Waals surface area contributed by atoms with Gasteiger partial charge in [0.05, 0.1) is 25.3 Å². The van der Waals surface area contributed by atoms with E-state index in [9.17, 15) is 9.18 Å². The van der Waals surface area contributed by atoms with Crippen molar-refractivity contribution in [3.8, 4) is 0 Å². The number of carbonyl (C=O) groups is 1. The molecule has 1 aromatic carbocycles. The first-order chi connectivity index (χ1) is 10.6. The van der Waals surface area contributed by atoms with Gasteiger partial charge in [-0.1, -0.05) is 0 Å². The Kier molecular flexibility index (Phi) is 4.71. The van der Waals surface area contributed by atoms with Crippen molar-refractivity contribution in [2.45, 2.75) is 12.1 Å². The largest absolute Gasteiger partial charge is 0.378 e. The Labute approximate surface area is 130 Å². The van der Waals surface area contributed by atoms with E-state index < -0.39 is 0 Å². The lowest BCUT2D eigenvalue weighted by molar-refractivity contribution is 0.0829. The van der Waals surface area contributed by atoms with Gasteiger partial charge in [-0.15, -0.1) is 0 Å². The minimum absolute atomic E-state index is 0.0130. The molecule has 1 N–H and O–H groups in total. The molecule has 120 valence electrons. The lowest BCUT2D eigenvalue weighted by Crippen LogP contribution is -2.56. The average Bonchev–Trinajstić information content (AvgIpc) is 2.97. The summed E-state index contributed by atoms with van der Waals surface area (Å²) in [7, 11) is 2.12. The molecule has 2 aliphatic heterocycles. The quantitative estimate of drug-likeness (QED) is 0.887. The number of hydrogen-bond donors (Lipinski definition) is 1. The molecule has 0 aliphatic carbocycles. The Morgan fingerprint density at radius 1 is 1.18 bits per heavy atom. The predicted octanol–water partition coefficient (Wildman–Crippen LogP) is 0.570. The molecule has 0 bridgehead atoms. The van der Waals surface area contributed by atoms with Gasteiger partial charge in [-0.25, -0.2) is 4.39 Å². The number of amides is 1. The highest BCUT2D eigenvalue weighted by Crippen LogP contribution is 2.16. The summed E-state index contributed by atoms with van der Waals surface area (Å²) in [5.74, 6) is -0.509. The summed E-state index contributed by atoms with van der Waals surface area (Å²) in [6.07, 6.45) is 0. The van der Waals surface area contributed by atoms with Crippen molar-refractivity contribution in [2.24, 2.45) is 0 Å². The third-order valence-corrected chi connectivity index (χ3v) is 4.48. The number of rotatable bonds is 3. The summed E-state index contributed by atoms with van der Waals surface area (Å²) in [4.78, 5) is 17.0. The van der Waals surface area contributed by atoms with E-state index in [1.807, 2.05) is 0 Å². The van der Waals surface area contributed by atoms with Crippen LogP contribution in [0.2, 0.25) is 0 Å². The van der Waals surface area contributed by atoms with Crippen LogP contribution in [0.15, 0.2) is 24.3 Å². The third kappa shape index (κ3) is 3.45. The molecule has 0 aromatic heterocycles. The van der Waals surface area contributed by atoms with Crippen molar-refractivity contribution in [1.29, 1.82) is 0 Å². The molecule has 2 atom stereocenters. The van der Waals surface area contributed by atoms with Gasteiger partial charge in [0.25, 0.3) is 5.91 Å². The molecule has 0 spiro atoms. The monoisotopic (exact) mass is 307 g/mol. The number of hydrogen-bond acceptors (Lipinski definition) is 4. The number of likely N-dealkylation sites (N-methyl/N-ethyl adjacent to an activating group) is 1. The van der Waals surface area contributed by atoms with Crippen LogP contribution < -0.4 is 5.32 Å². The summed E-state index contributed by atoms with van der Waals surface area (Å²) in [6, 6.07) is 5.83. The minimum atomic E-state index is -0.337. The van der Waals surface area contributed by atoms with Gasteiger partial charge in [0.2, 0.25) is 0 Å². The third-order valence-electron chi connectivity index (χ3n) is 4.48. The molecule has 0 unspecified atom stereocenters. The molecule has 2 heterocycles. The molecule has 2 aliphatic rings. The molecule has 5 nitrogen and oxygen atoms in total. The number of piperazine rings is 1. The molecular weight excluding hydrogens is 285 g/mol. The van der Waals surface area contributed by atoms with Gasteiger partial charge in [-0.2, -0.15) is 0 Å². The molecule has 6 heteroatoms. The maximum atomic E-state index is 12.9. The van der Waals surface area contributed by atoms with E-state index in [0.717, 1.165) is 26.2 Å². The second-order valence-electron chi connectivity index (χ2n) is 6.03. The Balaban J connectivity index is 1.61. The van der Waals surface area contributed by atoms with Gasteiger partial charge in [0.15, 0.2) is 0 Å². The van der Waals surface area contributed by atoms with Crippen LogP contribution in [0.5, 0.6) is 0 Å². The molecule has 2 saturated heterocycles. The number of carbonyl (C=O) groups excluding carboxylic acids is 1. The number of nitrogens with zero attached hydrogens (tertiary/aromatic N) is 2. The molecule has 22 heavy (non-hydrogen) atoms. The standard InChI is InChI=1S/C16H22FN3O2/c1-19-6-8-20(9-7-19)15-11-22-10-14(15)18-16(21)12-2-4-13(17)5-3-12/h2-5,14-15H,6-11H2,1H3,(H,18,21)/t14-,15-/m0/s1. The van der Waals surface area contributed by atoms with E-state index in [2.05, 4.69) is 22.2 Å². The summed E-state index contributed by atoms with van der Waals surface area (Å²) in [5.41, 5.74) is 0.477. The number of benzene rings is 1. The number of halogens is 1. The maximum absolute atomic E-state index is 12.9. The second-order valence-corrected chi connectivity index (χ2v) is 6.03. The van der Waals surface area contributed by atoms with E-state index in [4.69, 9.17) is 4.74 Å². The van der Waals surface area contributed by atoms with Crippen LogP contribution in [0, 0.1) is 5.82 Å². The fraction of sp³-hybridized carbons (Fsp3) is 0.562. The molecule has 1 aromatic rings. The Hall–Kier alpha value is -1.50. The zero-order chi connectivity index (χ0) is 15.5. The van der Waals surface area contributed by atoms with Crippen LogP contribution in [0.3, 0.4) is 0 Å². The van der Waals surface area contributed by atoms with Crippen molar-refractivity contribution < 1.29 is 13.9 Å². The zero-order valence-corrected chi connectivity index (χ0v) is 12.8. The highest BCUT2D eigenvalue weighted by Gasteiger charge is 2.35. The van der Waals surface area contributed by atoms with Crippen molar-refractivity contribution in [3.05, 3.63) is 35.6 Å². The highest BCUT2D eigenvalue weighted by molar-refractivity contribution is 5.94. The van der Waals surface area contributed by atoms with Crippen LogP contribution >= 0.6 is 0 Å². The Morgan fingerprint density at radius 2 is 1.86 bits per heavy atom. The van der Waals surface area contributed by atoms with Crippen LogP contribution in [0.1, 0.15) is 10.4 Å². The number of nitrogens with one attached hydrogen (secondary N) is 1. The normalized spacial score (nSPS) is 27.0. The van der Waals surface area contributed by atoms with Gasteiger partial charge in [0.1, 0.15) is 5.82 Å². The van der Waals surface area contributed by atoms with Crippen molar-refractivity contribution in [3.63, 3.8) is 0 Å². The first kappa shape index (κ1) is 15.4. The predicted molar refractivity (Wildman–Crippen MR) is 81.3 cm³/mol. The van der Waals surface area contributed by atoms with E-state index in [0.29, 0.717) is 18.8 Å². The SMILES string of the molecule is CN1CCN([C@H]2COC[C@@H]2NC(=O)c2ccc(F)cc2)CC1. The van der Waals surface area contributed by atoms with Crippen LogP contribution in [-0.2, 0) is 4.74 Å². The summed E-state index contributed by atoms with van der Waals surface area (Å²) in [5, 5.41) is 3.03. The van der Waals surface area contributed by atoms with Gasteiger partial charge < -0.3 is 15.0 Å². The smallest absolute Gasteiger partial charge is 0.251 e. The molecule has 1 amide bonds. The molecule has 2 fully saturated rings. The van der Waals surface area contributed by atoms with Crippen LogP contribution in [-0.4, -0.2) is 74.2 Å². The first-order valence-corrected chi connectivity index (χ1v) is 7.70. The number of ether oxygens (including phenoxy) is 1. The Morgan fingerprint density at radius 3 is 2.55 bits per heavy atom. The van der Waals surface area contributed by atoms with Crippen molar-refractivity contribution >= 4 is 5.91 Å². The average molecular weight is 307 g/mol. The summed E-state index contributed by atoms with van der Waals surface area (Å²) >= 11 is 0. The van der Waals surface area contributed by atoms with E-state index in [-0.39, 0.29) is 23.8 Å². The molecular formula is C16H22FN3O2. The van der Waals surface area contributed by atoms with Crippen LogP contribution in [0.25, 0.3) is 0 Å². The highest BCUT2D eigenvalue weighted by atomic mass is 19.1. The fourth-order valence-electron chi connectivity index (χ4n) is 3.05. The van der Waals surface area contributed by atoms with E-state index >= 15 is 0 Å². The van der Waals surface area contributed by atoms with Crippen molar-refractivity contribution in [1.82, 2.24) is 15.1 Å². The lowest BCUT2D eigenvalue weighted by Gasteiger charge is -2.38. The molecule has 0 saturated carbocycles. The van der Waals surface area contributed by atoms with Gasteiger partial charge in [-0.05, 0) is 31.3 Å². The fourth-order valence-corrected chi connectivity index (χ4v) is 3.05. The van der Waals surface area contributed by atoms with Crippen molar-refractivity contribution in [2.75, 3.05) is 46.4 Å². The van der Waals surface area contributed by atoms with Gasteiger partial charge >= 0.3 is 0 Å². The van der Waals surface area contributed by atoms with Gasteiger partial charge in [0, 0.05) is 31.7 Å². The lowest BCUT2D eigenvalue weighted by atomic mass is 10.1. The second kappa shape index (κ2) is 6.73. The topological polar surface area (TPSA) is 44.8 Å². The first-order valence-electron chi connectivity index (χ1n) is 7.70. The van der Waals surface area contributed by atoms with E-state index in [1.54, 1.807) is 0 Å². The van der Waals surface area contributed by atoms with Gasteiger partial charge in [-0.3, -0.25) is 9.69 Å². The molecule has 0 radical (unpaired) electrons. The van der Waals surface area contributed by atoms with E-state index in [1.165, 1.54) is 24.3 Å². The minimum Gasteiger partial charge on any atom is -0.378 e. The van der Waals surface area contributed by atoms with Crippen LogP contribution in [0.4, 0.5) is 4.39 Å². The summed E-state index contributed by atoms with van der Waals surface area (Å²) < 4.78 is 18.5. The maximum Gasteiger partial charge on any atom is 0.251 e. The summed E-state index contributed by atoms with van der Waals surface area (Å²) in [6.45, 7) is 5.24. The zero-order valence-electron chi connectivity index (χ0n) is 12.8. The Bertz CT molecular complexity index is 515.